The molecule has 6 N–H and O–H groups in total. The van der Waals surface area contributed by atoms with E-state index in [0.29, 0.717) is 35.0 Å². The van der Waals surface area contributed by atoms with Crippen molar-refractivity contribution in [3.63, 3.8) is 0 Å². The molecule has 3 aromatic carbocycles. The van der Waals surface area contributed by atoms with E-state index in [1.54, 1.807) is 42.5 Å². The molecule has 1 heterocycles. The Morgan fingerprint density at radius 3 is 1.52 bits per heavy atom. The van der Waals surface area contributed by atoms with Gasteiger partial charge in [0.05, 0.1) is 16.7 Å². The molecule has 4 rings (SSSR count). The number of carbonyl (C=O) groups is 3. The highest BCUT2D eigenvalue weighted by Crippen LogP contribution is 2.26. The second-order valence-corrected chi connectivity index (χ2v) is 10.2. The molecule has 0 amide bonds. The van der Waals surface area contributed by atoms with Gasteiger partial charge in [-0.2, -0.15) is 15.0 Å². The van der Waals surface area contributed by atoms with E-state index < -0.39 is 17.9 Å². The molecular formula is C32H34N6O6. The van der Waals surface area contributed by atoms with Crippen LogP contribution in [0.2, 0.25) is 0 Å². The lowest BCUT2D eigenvalue weighted by atomic mass is 9.89. The minimum Gasteiger partial charge on any atom is -0.478 e. The summed E-state index contributed by atoms with van der Waals surface area (Å²) in [5.74, 6) is -2.29. The number of hydrogen-bond acceptors (Lipinski definition) is 9. The number of nitrogens with one attached hydrogen (secondary N) is 3. The van der Waals surface area contributed by atoms with Gasteiger partial charge < -0.3 is 31.3 Å². The van der Waals surface area contributed by atoms with E-state index >= 15 is 0 Å². The summed E-state index contributed by atoms with van der Waals surface area (Å²) in [7, 11) is 0. The van der Waals surface area contributed by atoms with E-state index in [-0.39, 0.29) is 34.5 Å². The smallest absolute Gasteiger partial charge is 0.335 e. The van der Waals surface area contributed by atoms with E-state index in [9.17, 15) is 29.7 Å². The van der Waals surface area contributed by atoms with Gasteiger partial charge in [0.1, 0.15) is 0 Å². The van der Waals surface area contributed by atoms with Crippen molar-refractivity contribution in [3.8, 4) is 0 Å². The van der Waals surface area contributed by atoms with Crippen molar-refractivity contribution in [2.45, 2.75) is 46.0 Å². The maximum atomic E-state index is 12.0. The lowest BCUT2D eigenvalue weighted by molar-refractivity contribution is 0.0685. The summed E-state index contributed by atoms with van der Waals surface area (Å²) in [5.41, 5.74) is 2.89. The summed E-state index contributed by atoms with van der Waals surface area (Å²) in [4.78, 5) is 47.8. The van der Waals surface area contributed by atoms with Crippen molar-refractivity contribution in [1.82, 2.24) is 15.0 Å². The summed E-state index contributed by atoms with van der Waals surface area (Å²) in [6, 6.07) is 17.1. The number of aromatic carboxylic acids is 3. The predicted molar refractivity (Wildman–Crippen MR) is 167 cm³/mol. The maximum absolute atomic E-state index is 12.0. The van der Waals surface area contributed by atoms with Crippen LogP contribution in [0.3, 0.4) is 0 Å². The average molecular weight is 599 g/mol. The van der Waals surface area contributed by atoms with Gasteiger partial charge in [-0.15, -0.1) is 0 Å². The van der Waals surface area contributed by atoms with Gasteiger partial charge in [-0.25, -0.2) is 14.4 Å². The molecule has 1 aromatic heterocycles. The Balaban J connectivity index is 1.66. The van der Waals surface area contributed by atoms with Crippen molar-refractivity contribution in [1.29, 1.82) is 0 Å². The molecule has 0 saturated heterocycles. The van der Waals surface area contributed by atoms with Crippen molar-refractivity contribution >= 4 is 52.8 Å². The number of carboxylic acids is 3. The highest BCUT2D eigenvalue weighted by molar-refractivity contribution is 5.90. The van der Waals surface area contributed by atoms with Crippen LogP contribution >= 0.6 is 0 Å². The Bertz CT molecular complexity index is 1550. The molecule has 228 valence electrons. The number of unbranched alkanes of at least 4 members (excludes halogenated alkanes) is 1. The van der Waals surface area contributed by atoms with Crippen LogP contribution in [0.15, 0.2) is 66.7 Å². The van der Waals surface area contributed by atoms with Crippen molar-refractivity contribution in [2.75, 3.05) is 16.0 Å². The lowest BCUT2D eigenvalue weighted by Crippen LogP contribution is -2.10. The van der Waals surface area contributed by atoms with Crippen LogP contribution in [0.1, 0.15) is 76.2 Å². The number of benzene rings is 3. The van der Waals surface area contributed by atoms with Gasteiger partial charge in [0.15, 0.2) is 0 Å². The molecule has 4 aromatic rings. The van der Waals surface area contributed by atoms with Gasteiger partial charge in [-0.05, 0) is 84.6 Å². The Labute approximate surface area is 254 Å². The highest BCUT2D eigenvalue weighted by Gasteiger charge is 2.17. The first-order chi connectivity index (χ1) is 21.1. The summed E-state index contributed by atoms with van der Waals surface area (Å²) < 4.78 is 0. The SMILES string of the molecule is CCCCC(CC)Cc1cc(Nc2nc(Nc3ccc(C(=O)O)cc3)nc(Nc3ccc(C(=O)O)cc3)n2)ccc1C(=O)O. The molecule has 0 radical (unpaired) electrons. The summed E-state index contributed by atoms with van der Waals surface area (Å²) in [5, 5.41) is 37.5. The minimum absolute atomic E-state index is 0.126. The van der Waals surface area contributed by atoms with Gasteiger partial charge in [0.25, 0.3) is 0 Å². The first-order valence-corrected chi connectivity index (χ1v) is 14.2. The largest absolute Gasteiger partial charge is 0.478 e. The molecule has 0 fully saturated rings. The van der Waals surface area contributed by atoms with Crippen LogP contribution in [0.4, 0.5) is 34.9 Å². The molecule has 0 bridgehead atoms. The van der Waals surface area contributed by atoms with E-state index in [0.717, 1.165) is 25.7 Å². The van der Waals surface area contributed by atoms with Crippen LogP contribution in [-0.4, -0.2) is 48.2 Å². The Morgan fingerprint density at radius 1 is 0.659 bits per heavy atom. The van der Waals surface area contributed by atoms with E-state index in [1.165, 1.54) is 24.3 Å². The van der Waals surface area contributed by atoms with Crippen LogP contribution in [-0.2, 0) is 6.42 Å². The van der Waals surface area contributed by atoms with Crippen molar-refractivity contribution in [2.24, 2.45) is 5.92 Å². The number of anilines is 6. The molecule has 12 nitrogen and oxygen atoms in total. The first-order valence-electron chi connectivity index (χ1n) is 14.2. The van der Waals surface area contributed by atoms with E-state index in [2.05, 4.69) is 44.7 Å². The van der Waals surface area contributed by atoms with Gasteiger partial charge in [-0.1, -0.05) is 39.5 Å². The predicted octanol–water partition coefficient (Wildman–Crippen LogP) is 6.96. The molecule has 0 saturated carbocycles. The second kappa shape index (κ2) is 14.6. The normalized spacial score (nSPS) is 11.4. The first kappa shape index (κ1) is 31.4. The number of hydrogen-bond donors (Lipinski definition) is 6. The Morgan fingerprint density at radius 2 is 1.11 bits per heavy atom. The summed E-state index contributed by atoms with van der Waals surface area (Å²) in [6.45, 7) is 4.25. The molecule has 44 heavy (non-hydrogen) atoms. The lowest BCUT2D eigenvalue weighted by Gasteiger charge is -2.17. The van der Waals surface area contributed by atoms with Crippen molar-refractivity contribution in [3.05, 3.63) is 89.0 Å². The molecule has 0 spiro atoms. The third-order valence-corrected chi connectivity index (χ3v) is 7.06. The summed E-state index contributed by atoms with van der Waals surface area (Å²) in [6.07, 6.45) is 4.73. The standard InChI is InChI=1S/C32H34N6O6/c1-3-5-6-19(4-2)17-22-18-25(15-16-26(22)29(43)44)35-32-37-30(33-23-11-7-20(8-12-23)27(39)40)36-31(38-32)34-24-13-9-21(10-14-24)28(41)42/h7-16,18-19H,3-6,17H2,1-2H3,(H,39,40)(H,41,42)(H,43,44)(H3,33,34,35,36,37,38). The molecule has 1 unspecified atom stereocenters. The van der Waals surface area contributed by atoms with Crippen LogP contribution in [0.25, 0.3) is 0 Å². The third-order valence-electron chi connectivity index (χ3n) is 7.06. The monoisotopic (exact) mass is 598 g/mol. The fourth-order valence-electron chi connectivity index (χ4n) is 4.63. The number of carboxylic acid groups (broad SMARTS) is 3. The van der Waals surface area contributed by atoms with Gasteiger partial charge >= 0.3 is 17.9 Å². The zero-order valence-electron chi connectivity index (χ0n) is 24.4. The van der Waals surface area contributed by atoms with Gasteiger partial charge in [0, 0.05) is 17.1 Å². The van der Waals surface area contributed by atoms with Crippen molar-refractivity contribution < 1.29 is 29.7 Å². The van der Waals surface area contributed by atoms with E-state index in [4.69, 9.17) is 0 Å². The number of nitrogens with zero attached hydrogens (tertiary/aromatic N) is 3. The zero-order chi connectivity index (χ0) is 31.6. The molecule has 0 aliphatic heterocycles. The molecule has 12 heteroatoms. The maximum Gasteiger partial charge on any atom is 0.335 e. The second-order valence-electron chi connectivity index (χ2n) is 10.2. The minimum atomic E-state index is -1.05. The fourth-order valence-corrected chi connectivity index (χ4v) is 4.63. The molecule has 0 aliphatic rings. The molecular weight excluding hydrogens is 564 g/mol. The van der Waals surface area contributed by atoms with Crippen LogP contribution in [0.5, 0.6) is 0 Å². The summed E-state index contributed by atoms with van der Waals surface area (Å²) >= 11 is 0. The molecule has 1 atom stereocenters. The topological polar surface area (TPSA) is 187 Å². The van der Waals surface area contributed by atoms with Gasteiger partial charge in [0.2, 0.25) is 17.8 Å². The number of aromatic nitrogens is 3. The third kappa shape index (κ3) is 8.51. The Hall–Kier alpha value is -5.52. The molecule has 0 aliphatic carbocycles. The van der Waals surface area contributed by atoms with Crippen LogP contribution < -0.4 is 16.0 Å². The van der Waals surface area contributed by atoms with Gasteiger partial charge in [-0.3, -0.25) is 0 Å². The zero-order valence-corrected chi connectivity index (χ0v) is 24.4. The van der Waals surface area contributed by atoms with Crippen LogP contribution in [0, 0.1) is 5.92 Å². The quantitative estimate of drug-likeness (QED) is 0.0827. The fraction of sp³-hybridized carbons (Fsp3) is 0.250. The highest BCUT2D eigenvalue weighted by atomic mass is 16.4. The average Bonchev–Trinajstić information content (AvgIpc) is 2.99. The van der Waals surface area contributed by atoms with E-state index in [1.807, 2.05) is 0 Å². The number of rotatable bonds is 15. The Kier molecular flexibility index (Phi) is 10.4.